The molecule has 6 nitrogen and oxygen atoms in total. The smallest absolute Gasteiger partial charge is 0.236 e. The van der Waals surface area contributed by atoms with Gasteiger partial charge in [0.05, 0.1) is 11.4 Å². The van der Waals surface area contributed by atoms with Gasteiger partial charge >= 0.3 is 0 Å². The summed E-state index contributed by atoms with van der Waals surface area (Å²) < 4.78 is 3.05. The first-order valence-electron chi connectivity index (χ1n) is 10.6. The normalized spacial score (nSPS) is 14.6. The van der Waals surface area contributed by atoms with E-state index >= 15 is 0 Å². The van der Waals surface area contributed by atoms with Gasteiger partial charge in [0, 0.05) is 28.9 Å². The van der Waals surface area contributed by atoms with Gasteiger partial charge in [-0.2, -0.15) is 0 Å². The second-order valence-electron chi connectivity index (χ2n) is 7.88. The lowest BCUT2D eigenvalue weighted by Gasteiger charge is -2.20. The van der Waals surface area contributed by atoms with E-state index in [0.29, 0.717) is 5.13 Å². The fraction of sp³-hybridized carbons (Fsp3) is 0.455. The monoisotopic (exact) mass is 519 g/mol. The van der Waals surface area contributed by atoms with E-state index in [1.54, 1.807) is 0 Å². The summed E-state index contributed by atoms with van der Waals surface area (Å²) in [7, 11) is 1.99. The highest BCUT2D eigenvalue weighted by Gasteiger charge is 2.17. The number of anilines is 1. The summed E-state index contributed by atoms with van der Waals surface area (Å²) in [5.41, 5.74) is 1.88. The van der Waals surface area contributed by atoms with Crippen molar-refractivity contribution in [3.8, 4) is 11.3 Å². The van der Waals surface area contributed by atoms with Crippen molar-refractivity contribution in [2.45, 2.75) is 50.1 Å². The number of aromatic nitrogens is 4. The van der Waals surface area contributed by atoms with Gasteiger partial charge < -0.3 is 9.88 Å². The van der Waals surface area contributed by atoms with E-state index in [4.69, 9.17) is 0 Å². The number of halogens is 1. The van der Waals surface area contributed by atoms with Crippen molar-refractivity contribution >= 4 is 50.1 Å². The molecule has 2 heterocycles. The highest BCUT2D eigenvalue weighted by Crippen LogP contribution is 2.28. The van der Waals surface area contributed by atoms with Crippen LogP contribution in [-0.2, 0) is 18.3 Å². The molecule has 1 saturated carbocycles. The minimum atomic E-state index is -0.0894. The summed E-state index contributed by atoms with van der Waals surface area (Å²) in [6.45, 7) is 0. The summed E-state index contributed by atoms with van der Waals surface area (Å²) >= 11 is 6.28. The van der Waals surface area contributed by atoms with Crippen LogP contribution >= 0.6 is 39.0 Å². The van der Waals surface area contributed by atoms with Gasteiger partial charge in [-0.05, 0) is 24.5 Å². The lowest BCUT2D eigenvalue weighted by atomic mass is 9.86. The lowest BCUT2D eigenvalue weighted by molar-refractivity contribution is -0.113. The maximum atomic E-state index is 12.4. The van der Waals surface area contributed by atoms with Crippen LogP contribution in [0, 0.1) is 5.92 Å². The molecule has 1 aliphatic carbocycles. The zero-order valence-electron chi connectivity index (χ0n) is 17.5. The molecule has 0 spiro atoms. The molecule has 0 aliphatic heterocycles. The largest absolute Gasteiger partial charge is 0.309 e. The number of hydrogen-bond donors (Lipinski definition) is 1. The number of amides is 1. The van der Waals surface area contributed by atoms with Crippen LogP contribution in [0.25, 0.3) is 11.3 Å². The number of thioether (sulfide) groups is 1. The Hall–Kier alpha value is -1.71. The molecule has 1 aliphatic rings. The Morgan fingerprint density at radius 1 is 1.23 bits per heavy atom. The van der Waals surface area contributed by atoms with Crippen molar-refractivity contribution < 1.29 is 4.79 Å². The van der Waals surface area contributed by atoms with Gasteiger partial charge in [-0.1, -0.05) is 71.9 Å². The van der Waals surface area contributed by atoms with Gasteiger partial charge in [0.2, 0.25) is 5.91 Å². The van der Waals surface area contributed by atoms with Gasteiger partial charge in [0.25, 0.3) is 0 Å². The van der Waals surface area contributed by atoms with E-state index in [-0.39, 0.29) is 11.7 Å². The molecule has 1 fully saturated rings. The van der Waals surface area contributed by atoms with E-state index in [1.807, 2.05) is 41.3 Å². The number of nitrogens with zero attached hydrogens (tertiary/aromatic N) is 4. The number of rotatable bonds is 8. The van der Waals surface area contributed by atoms with Crippen LogP contribution in [0.1, 0.15) is 44.3 Å². The summed E-state index contributed by atoms with van der Waals surface area (Å²) in [5, 5.41) is 14.9. The number of nitrogens with one attached hydrogen (secondary N) is 1. The second kappa shape index (κ2) is 10.7. The molecular formula is C22H26BrN5OS2. The highest BCUT2D eigenvalue weighted by molar-refractivity contribution is 9.10. The van der Waals surface area contributed by atoms with Crippen LogP contribution in [0.5, 0.6) is 0 Å². The topological polar surface area (TPSA) is 72.7 Å². The summed E-state index contributed by atoms with van der Waals surface area (Å²) in [6, 6.07) is 7.96. The van der Waals surface area contributed by atoms with Crippen molar-refractivity contribution in [3.05, 3.63) is 39.9 Å². The molecule has 1 aromatic carbocycles. The van der Waals surface area contributed by atoms with Gasteiger partial charge in [-0.15, -0.1) is 21.5 Å². The third-order valence-electron chi connectivity index (χ3n) is 5.65. The maximum Gasteiger partial charge on any atom is 0.236 e. The third-order valence-corrected chi connectivity index (χ3v) is 7.96. The Morgan fingerprint density at radius 2 is 2.00 bits per heavy atom. The minimum Gasteiger partial charge on any atom is -0.309 e. The van der Waals surface area contributed by atoms with Crippen LogP contribution in [0.2, 0.25) is 0 Å². The predicted octanol–water partition coefficient (Wildman–Crippen LogP) is 5.94. The van der Waals surface area contributed by atoms with Crippen LogP contribution in [0.3, 0.4) is 0 Å². The molecule has 0 atom stereocenters. The molecule has 3 aromatic rings. The first kappa shape index (κ1) is 22.5. The Balaban J connectivity index is 1.26. The number of hydrogen-bond acceptors (Lipinski definition) is 6. The standard InChI is InChI=1S/C22H26BrN5OS2/c1-28-19(12-7-15-5-3-2-4-6-15)26-27-22(28)31-14-20(29)25-21-24-18(13-30-21)16-8-10-17(23)11-9-16/h8-11,13,15H,2-7,12,14H2,1H3,(H,24,25,29). The summed E-state index contributed by atoms with van der Waals surface area (Å²) in [5.74, 6) is 2.02. The first-order chi connectivity index (χ1) is 15.1. The molecule has 0 bridgehead atoms. The molecule has 164 valence electrons. The average molecular weight is 521 g/mol. The minimum absolute atomic E-state index is 0.0894. The molecule has 31 heavy (non-hydrogen) atoms. The molecule has 2 aromatic heterocycles. The zero-order chi connectivity index (χ0) is 21.6. The summed E-state index contributed by atoms with van der Waals surface area (Å²) in [6.07, 6.45) is 8.95. The predicted molar refractivity (Wildman–Crippen MR) is 131 cm³/mol. The molecule has 0 saturated heterocycles. The van der Waals surface area contributed by atoms with Crippen molar-refractivity contribution in [1.29, 1.82) is 0 Å². The Bertz CT molecular complexity index is 1010. The van der Waals surface area contributed by atoms with Crippen molar-refractivity contribution in [2.75, 3.05) is 11.1 Å². The van der Waals surface area contributed by atoms with E-state index in [0.717, 1.165) is 39.0 Å². The fourth-order valence-electron chi connectivity index (χ4n) is 3.87. The van der Waals surface area contributed by atoms with Crippen LogP contribution in [-0.4, -0.2) is 31.4 Å². The third kappa shape index (κ3) is 6.17. The fourth-order valence-corrected chi connectivity index (χ4v) is 5.60. The van der Waals surface area contributed by atoms with E-state index in [1.165, 1.54) is 61.6 Å². The van der Waals surface area contributed by atoms with Gasteiger partial charge in [0.1, 0.15) is 5.82 Å². The number of thiazole rings is 1. The summed E-state index contributed by atoms with van der Waals surface area (Å²) in [4.78, 5) is 16.9. The molecular weight excluding hydrogens is 494 g/mol. The molecule has 1 amide bonds. The molecule has 9 heteroatoms. The van der Waals surface area contributed by atoms with Crippen molar-refractivity contribution in [2.24, 2.45) is 13.0 Å². The number of carbonyl (C=O) groups excluding carboxylic acids is 1. The first-order valence-corrected chi connectivity index (χ1v) is 13.3. The van der Waals surface area contributed by atoms with E-state index in [2.05, 4.69) is 36.4 Å². The van der Waals surface area contributed by atoms with Crippen LogP contribution in [0.15, 0.2) is 39.3 Å². The molecule has 1 N–H and O–H groups in total. The molecule has 4 rings (SSSR count). The highest BCUT2D eigenvalue weighted by atomic mass is 79.9. The Labute approximate surface area is 199 Å². The quantitative estimate of drug-likeness (QED) is 0.372. The number of aryl methyl sites for hydroxylation is 1. The lowest BCUT2D eigenvalue weighted by Crippen LogP contribution is -2.14. The van der Waals surface area contributed by atoms with Crippen LogP contribution in [0.4, 0.5) is 5.13 Å². The van der Waals surface area contributed by atoms with Crippen molar-refractivity contribution in [3.63, 3.8) is 0 Å². The average Bonchev–Trinajstić information content (AvgIpc) is 3.38. The Kier molecular flexibility index (Phi) is 7.79. The molecule has 0 unspecified atom stereocenters. The van der Waals surface area contributed by atoms with Gasteiger partial charge in [0.15, 0.2) is 10.3 Å². The number of benzene rings is 1. The second-order valence-corrected chi connectivity index (χ2v) is 10.6. The van der Waals surface area contributed by atoms with E-state index in [9.17, 15) is 4.79 Å². The van der Waals surface area contributed by atoms with Crippen molar-refractivity contribution in [1.82, 2.24) is 19.7 Å². The zero-order valence-corrected chi connectivity index (χ0v) is 20.7. The SMILES string of the molecule is Cn1c(CCC2CCCCC2)nnc1SCC(=O)Nc1nc(-c2ccc(Br)cc2)cs1. The Morgan fingerprint density at radius 3 is 2.77 bits per heavy atom. The van der Waals surface area contributed by atoms with Crippen LogP contribution < -0.4 is 5.32 Å². The van der Waals surface area contributed by atoms with Gasteiger partial charge in [-0.25, -0.2) is 4.98 Å². The number of carbonyl (C=O) groups is 1. The van der Waals surface area contributed by atoms with E-state index < -0.39 is 0 Å². The van der Waals surface area contributed by atoms with Gasteiger partial charge in [-0.3, -0.25) is 4.79 Å². The molecule has 0 radical (unpaired) electrons. The maximum absolute atomic E-state index is 12.4.